The van der Waals surface area contributed by atoms with Crippen molar-refractivity contribution in [1.82, 2.24) is 5.32 Å². The van der Waals surface area contributed by atoms with Crippen molar-refractivity contribution < 1.29 is 4.79 Å². The second-order valence-corrected chi connectivity index (χ2v) is 7.88. The van der Waals surface area contributed by atoms with E-state index in [0.717, 1.165) is 6.42 Å². The molecule has 0 bridgehead atoms. The smallest absolute Gasteiger partial charge is 0.225 e. The zero-order valence-electron chi connectivity index (χ0n) is 12.8. The highest BCUT2D eigenvalue weighted by Crippen LogP contribution is 2.30. The first-order valence-electron chi connectivity index (χ1n) is 6.33. The number of rotatable bonds is 3. The molecular weight excluding hydrogens is 212 g/mol. The fraction of sp³-hybridized carbons (Fsp3) is 0.929. The van der Waals surface area contributed by atoms with E-state index in [1.807, 2.05) is 34.6 Å². The Labute approximate surface area is 107 Å². The van der Waals surface area contributed by atoms with E-state index in [9.17, 15) is 4.79 Å². The molecule has 0 aliphatic heterocycles. The van der Waals surface area contributed by atoms with Crippen LogP contribution < -0.4 is 11.1 Å². The van der Waals surface area contributed by atoms with Crippen LogP contribution in [0.2, 0.25) is 0 Å². The predicted octanol–water partition coefficient (Wildman–Crippen LogP) is 2.69. The van der Waals surface area contributed by atoms with Gasteiger partial charge in [0.25, 0.3) is 0 Å². The third-order valence-electron chi connectivity index (χ3n) is 2.53. The van der Waals surface area contributed by atoms with Gasteiger partial charge < -0.3 is 11.1 Å². The Hall–Kier alpha value is -0.570. The molecule has 0 spiro atoms. The van der Waals surface area contributed by atoms with E-state index in [1.54, 1.807) is 0 Å². The number of amides is 1. The van der Waals surface area contributed by atoms with Crippen molar-refractivity contribution in [2.24, 2.45) is 17.1 Å². The summed E-state index contributed by atoms with van der Waals surface area (Å²) >= 11 is 0. The number of hydrogen-bond acceptors (Lipinski definition) is 2. The molecule has 1 unspecified atom stereocenters. The molecular formula is C14H30N2O. The Balaban J connectivity index is 4.90. The number of hydrogen-bond donors (Lipinski definition) is 2. The van der Waals surface area contributed by atoms with Crippen molar-refractivity contribution in [3.05, 3.63) is 0 Å². The van der Waals surface area contributed by atoms with Crippen molar-refractivity contribution in [2.45, 2.75) is 72.9 Å². The highest BCUT2D eigenvalue weighted by molar-refractivity contribution is 5.80. The molecule has 1 amide bonds. The SMILES string of the molecule is CC(C)(C)CC(C(=O)NC(C)(C)C)C(C)(C)N. The van der Waals surface area contributed by atoms with Gasteiger partial charge in [0.15, 0.2) is 0 Å². The molecule has 102 valence electrons. The van der Waals surface area contributed by atoms with Crippen LogP contribution in [0.25, 0.3) is 0 Å². The van der Waals surface area contributed by atoms with Crippen molar-refractivity contribution in [2.75, 3.05) is 0 Å². The maximum Gasteiger partial charge on any atom is 0.225 e. The zero-order valence-corrected chi connectivity index (χ0v) is 12.8. The lowest BCUT2D eigenvalue weighted by Gasteiger charge is -2.36. The molecule has 0 aromatic carbocycles. The zero-order chi connectivity index (χ0) is 14.1. The van der Waals surface area contributed by atoms with Crippen LogP contribution in [0.15, 0.2) is 0 Å². The third-order valence-corrected chi connectivity index (χ3v) is 2.53. The molecule has 17 heavy (non-hydrogen) atoms. The van der Waals surface area contributed by atoms with Crippen molar-refractivity contribution in [3.63, 3.8) is 0 Å². The largest absolute Gasteiger partial charge is 0.351 e. The Kier molecular flexibility index (Phi) is 4.80. The van der Waals surface area contributed by atoms with Gasteiger partial charge >= 0.3 is 0 Å². The summed E-state index contributed by atoms with van der Waals surface area (Å²) in [5, 5.41) is 3.03. The van der Waals surface area contributed by atoms with E-state index in [2.05, 4.69) is 26.1 Å². The van der Waals surface area contributed by atoms with Gasteiger partial charge in [-0.3, -0.25) is 4.79 Å². The van der Waals surface area contributed by atoms with E-state index in [1.165, 1.54) is 0 Å². The average Bonchev–Trinajstić information content (AvgIpc) is 1.92. The molecule has 0 aliphatic rings. The normalized spacial score (nSPS) is 15.6. The molecule has 0 saturated heterocycles. The lowest BCUT2D eigenvalue weighted by Crippen LogP contribution is -2.54. The molecule has 0 aliphatic carbocycles. The lowest BCUT2D eigenvalue weighted by atomic mass is 9.75. The first-order valence-corrected chi connectivity index (χ1v) is 6.33. The summed E-state index contributed by atoms with van der Waals surface area (Å²) in [7, 11) is 0. The van der Waals surface area contributed by atoms with Gasteiger partial charge in [-0.05, 0) is 46.5 Å². The van der Waals surface area contributed by atoms with Crippen LogP contribution in [-0.4, -0.2) is 17.0 Å². The van der Waals surface area contributed by atoms with Crippen LogP contribution in [0.3, 0.4) is 0 Å². The summed E-state index contributed by atoms with van der Waals surface area (Å²) in [4.78, 5) is 12.3. The summed E-state index contributed by atoms with van der Waals surface area (Å²) in [5.41, 5.74) is 5.53. The highest BCUT2D eigenvalue weighted by atomic mass is 16.2. The topological polar surface area (TPSA) is 55.1 Å². The van der Waals surface area contributed by atoms with Gasteiger partial charge in [-0.15, -0.1) is 0 Å². The van der Waals surface area contributed by atoms with Crippen LogP contribution in [-0.2, 0) is 4.79 Å². The maximum atomic E-state index is 12.3. The standard InChI is InChI=1S/C14H30N2O/c1-12(2,3)9-10(14(7,8)15)11(17)16-13(4,5)6/h10H,9,15H2,1-8H3,(H,16,17). The molecule has 3 N–H and O–H groups in total. The predicted molar refractivity (Wildman–Crippen MR) is 73.7 cm³/mol. The van der Waals surface area contributed by atoms with Crippen LogP contribution in [0.5, 0.6) is 0 Å². The molecule has 3 heteroatoms. The van der Waals surface area contributed by atoms with Gasteiger partial charge in [0.1, 0.15) is 0 Å². The number of carbonyl (C=O) groups excluding carboxylic acids is 1. The van der Waals surface area contributed by atoms with Crippen LogP contribution in [0.4, 0.5) is 0 Å². The maximum absolute atomic E-state index is 12.3. The van der Waals surface area contributed by atoms with Crippen molar-refractivity contribution in [1.29, 1.82) is 0 Å². The molecule has 0 aromatic rings. The number of nitrogens with two attached hydrogens (primary N) is 1. The van der Waals surface area contributed by atoms with Gasteiger partial charge in [0.05, 0.1) is 5.92 Å². The third kappa shape index (κ3) is 7.37. The number of nitrogens with one attached hydrogen (secondary N) is 1. The highest BCUT2D eigenvalue weighted by Gasteiger charge is 2.36. The minimum absolute atomic E-state index is 0.0555. The Morgan fingerprint density at radius 2 is 1.47 bits per heavy atom. The first-order chi connectivity index (χ1) is 7.22. The average molecular weight is 242 g/mol. The second kappa shape index (κ2) is 4.97. The molecule has 1 atom stereocenters. The quantitative estimate of drug-likeness (QED) is 0.799. The Bertz CT molecular complexity index is 263. The monoisotopic (exact) mass is 242 g/mol. The molecule has 0 fully saturated rings. The van der Waals surface area contributed by atoms with Crippen LogP contribution in [0, 0.1) is 11.3 Å². The molecule has 0 saturated carbocycles. The lowest BCUT2D eigenvalue weighted by molar-refractivity contribution is -0.129. The molecule has 3 nitrogen and oxygen atoms in total. The van der Waals surface area contributed by atoms with Gasteiger partial charge in [-0.1, -0.05) is 20.8 Å². The number of carbonyl (C=O) groups is 1. The van der Waals surface area contributed by atoms with Gasteiger partial charge in [0, 0.05) is 11.1 Å². The summed E-state index contributed by atoms with van der Waals surface area (Å²) in [6.45, 7) is 16.2. The Morgan fingerprint density at radius 3 is 1.71 bits per heavy atom. The fourth-order valence-corrected chi connectivity index (χ4v) is 1.76. The van der Waals surface area contributed by atoms with Gasteiger partial charge in [-0.2, -0.15) is 0 Å². The molecule has 0 aromatic heterocycles. The van der Waals surface area contributed by atoms with E-state index >= 15 is 0 Å². The summed E-state index contributed by atoms with van der Waals surface area (Å²) in [6.07, 6.45) is 0.790. The molecule has 0 radical (unpaired) electrons. The molecule has 0 rings (SSSR count). The Morgan fingerprint density at radius 1 is 1.06 bits per heavy atom. The summed E-state index contributed by atoms with van der Waals surface area (Å²) in [6, 6.07) is 0. The van der Waals surface area contributed by atoms with E-state index in [-0.39, 0.29) is 22.8 Å². The fourth-order valence-electron chi connectivity index (χ4n) is 1.76. The van der Waals surface area contributed by atoms with Crippen LogP contribution >= 0.6 is 0 Å². The second-order valence-electron chi connectivity index (χ2n) is 7.88. The van der Waals surface area contributed by atoms with Gasteiger partial charge in [-0.25, -0.2) is 0 Å². The summed E-state index contributed by atoms with van der Waals surface area (Å²) in [5.74, 6) is -0.110. The first kappa shape index (κ1) is 16.4. The van der Waals surface area contributed by atoms with E-state index in [0.29, 0.717) is 0 Å². The van der Waals surface area contributed by atoms with Crippen molar-refractivity contribution in [3.8, 4) is 0 Å². The van der Waals surface area contributed by atoms with E-state index in [4.69, 9.17) is 5.73 Å². The summed E-state index contributed by atoms with van der Waals surface area (Å²) < 4.78 is 0. The van der Waals surface area contributed by atoms with Crippen LogP contribution in [0.1, 0.15) is 61.8 Å². The minimum atomic E-state index is -0.497. The van der Waals surface area contributed by atoms with E-state index < -0.39 is 5.54 Å². The minimum Gasteiger partial charge on any atom is -0.351 e. The van der Waals surface area contributed by atoms with Gasteiger partial charge in [0.2, 0.25) is 5.91 Å². The molecule has 0 heterocycles. The van der Waals surface area contributed by atoms with Crippen molar-refractivity contribution >= 4 is 5.91 Å².